The normalized spacial score (nSPS) is 23.9. The summed E-state index contributed by atoms with van der Waals surface area (Å²) < 4.78 is 17.2. The first kappa shape index (κ1) is 37.5. The van der Waals surface area contributed by atoms with Gasteiger partial charge in [0.1, 0.15) is 24.9 Å². The second-order valence-electron chi connectivity index (χ2n) is 12.3. The van der Waals surface area contributed by atoms with Crippen LogP contribution in [0.2, 0.25) is 0 Å². The maximum Gasteiger partial charge on any atom is 0.336 e. The van der Waals surface area contributed by atoms with Crippen molar-refractivity contribution in [3.05, 3.63) is 59.2 Å². The molecule has 0 aliphatic heterocycles. The summed E-state index contributed by atoms with van der Waals surface area (Å²) >= 11 is 0. The Labute approximate surface area is 282 Å². The largest absolute Gasteiger partial charge is 0.504 e. The number of ether oxygens (including phenoxy) is 3. The Bertz CT molecular complexity index is 1560. The number of carbonyl (C=O) groups is 3. The van der Waals surface area contributed by atoms with Gasteiger partial charge < -0.3 is 55.7 Å². The first-order chi connectivity index (χ1) is 23.3. The van der Waals surface area contributed by atoms with Gasteiger partial charge in [-0.3, -0.25) is 9.59 Å². The van der Waals surface area contributed by atoms with Crippen LogP contribution >= 0.6 is 0 Å². The predicted molar refractivity (Wildman–Crippen MR) is 175 cm³/mol. The molecule has 0 bridgehead atoms. The first-order valence-electron chi connectivity index (χ1n) is 16.0. The van der Waals surface area contributed by atoms with Gasteiger partial charge in [-0.1, -0.05) is 37.5 Å². The molecule has 4 rings (SSSR count). The zero-order valence-electron chi connectivity index (χ0n) is 26.9. The number of carboxylic acids is 1. The van der Waals surface area contributed by atoms with Gasteiger partial charge in [0.25, 0.3) is 0 Å². The molecule has 2 fully saturated rings. The summed E-state index contributed by atoms with van der Waals surface area (Å²) in [6.07, 6.45) is 1.99. The van der Waals surface area contributed by atoms with Crippen LogP contribution in [0.5, 0.6) is 23.0 Å². The highest BCUT2D eigenvalue weighted by Gasteiger charge is 2.54. The van der Waals surface area contributed by atoms with Gasteiger partial charge in [0, 0.05) is 19.4 Å². The second kappa shape index (κ2) is 16.4. The summed E-state index contributed by atoms with van der Waals surface area (Å²) in [5.41, 5.74) is 2.75. The van der Waals surface area contributed by atoms with Crippen molar-refractivity contribution >= 4 is 29.7 Å². The summed E-state index contributed by atoms with van der Waals surface area (Å²) in [4.78, 5) is 39.1. The molecule has 2 aromatic rings. The molecule has 0 heterocycles. The van der Waals surface area contributed by atoms with Crippen molar-refractivity contribution in [2.45, 2.75) is 81.1 Å². The molecule has 2 aliphatic rings. The smallest absolute Gasteiger partial charge is 0.336 e. The number of phenolic OH excluding ortho intramolecular Hbond substituents is 3. The molecule has 2 aromatic carbocycles. The van der Waals surface area contributed by atoms with Crippen LogP contribution in [0.1, 0.15) is 61.6 Å². The van der Waals surface area contributed by atoms with Gasteiger partial charge in [-0.2, -0.15) is 0 Å². The predicted octanol–water partition coefficient (Wildman–Crippen LogP) is 1.94. The average molecular weight is 686 g/mol. The lowest BCUT2D eigenvalue weighted by Crippen LogP contribution is -2.60. The lowest BCUT2D eigenvalue weighted by atomic mass is 9.77. The maximum atomic E-state index is 13.7. The van der Waals surface area contributed by atoms with Crippen molar-refractivity contribution in [2.24, 2.45) is 5.73 Å². The van der Waals surface area contributed by atoms with E-state index in [0.29, 0.717) is 18.4 Å². The summed E-state index contributed by atoms with van der Waals surface area (Å²) in [5.74, 6) is -3.45. The fourth-order valence-electron chi connectivity index (χ4n) is 6.16. The number of nitrogens with two attached hydrogens (primary N) is 1. The highest BCUT2D eigenvalue weighted by atomic mass is 16.6. The van der Waals surface area contributed by atoms with E-state index in [4.69, 9.17) is 19.9 Å². The van der Waals surface area contributed by atoms with Crippen LogP contribution in [0, 0.1) is 0 Å². The molecular formula is C35H43NO13. The zero-order valence-corrected chi connectivity index (χ0v) is 26.9. The summed E-state index contributed by atoms with van der Waals surface area (Å²) in [5, 5.41) is 71.5. The molecule has 266 valence electrons. The second-order valence-corrected chi connectivity index (χ2v) is 12.3. The molecular weight excluding hydrogens is 642 g/mol. The number of carbonyl (C=O) groups excluding carboxylic acids is 2. The van der Waals surface area contributed by atoms with Crippen LogP contribution in [-0.4, -0.2) is 103 Å². The fourth-order valence-corrected chi connectivity index (χ4v) is 6.16. The summed E-state index contributed by atoms with van der Waals surface area (Å²) in [6.45, 7) is -0.711. The van der Waals surface area contributed by atoms with Gasteiger partial charge in [-0.05, 0) is 65.9 Å². The van der Waals surface area contributed by atoms with Gasteiger partial charge in [0.05, 0.1) is 18.8 Å². The third-order valence-electron chi connectivity index (χ3n) is 8.85. The third-order valence-corrected chi connectivity index (χ3v) is 8.85. The number of phenols is 3. The van der Waals surface area contributed by atoms with Crippen LogP contribution in [0.4, 0.5) is 0 Å². The molecule has 49 heavy (non-hydrogen) atoms. The Morgan fingerprint density at radius 3 is 2.27 bits per heavy atom. The van der Waals surface area contributed by atoms with E-state index in [-0.39, 0.29) is 48.6 Å². The quantitative estimate of drug-likeness (QED) is 0.0987. The van der Waals surface area contributed by atoms with Crippen LogP contribution in [0.3, 0.4) is 0 Å². The van der Waals surface area contributed by atoms with E-state index in [0.717, 1.165) is 12.5 Å². The van der Waals surface area contributed by atoms with Crippen LogP contribution in [0.25, 0.3) is 12.2 Å². The highest BCUT2D eigenvalue weighted by Crippen LogP contribution is 2.41. The Balaban J connectivity index is 1.50. The number of rotatable bonds is 15. The molecule has 0 amide bonds. The number of ketones is 2. The number of aromatic hydroxyl groups is 3. The van der Waals surface area contributed by atoms with E-state index >= 15 is 0 Å². The summed E-state index contributed by atoms with van der Waals surface area (Å²) in [7, 11) is 0. The molecule has 0 radical (unpaired) electrons. The molecule has 0 aromatic heterocycles. The van der Waals surface area contributed by atoms with Crippen molar-refractivity contribution in [2.75, 3.05) is 19.8 Å². The number of hydrogen-bond acceptors (Lipinski definition) is 13. The van der Waals surface area contributed by atoms with Crippen molar-refractivity contribution < 1.29 is 64.3 Å². The van der Waals surface area contributed by atoms with Crippen molar-refractivity contribution in [3.63, 3.8) is 0 Å². The molecule has 14 heteroatoms. The monoisotopic (exact) mass is 685 g/mol. The molecule has 14 nitrogen and oxygen atoms in total. The van der Waals surface area contributed by atoms with E-state index in [1.807, 2.05) is 0 Å². The Kier molecular flexibility index (Phi) is 12.5. The number of aliphatic carboxylic acids is 1. The maximum absolute atomic E-state index is 13.7. The molecule has 0 saturated heterocycles. The summed E-state index contributed by atoms with van der Waals surface area (Å²) in [6, 6.07) is 6.82. The van der Waals surface area contributed by atoms with E-state index in [2.05, 4.69) is 0 Å². The van der Waals surface area contributed by atoms with Crippen molar-refractivity contribution in [3.8, 4) is 23.0 Å². The zero-order chi connectivity index (χ0) is 35.8. The lowest BCUT2D eigenvalue weighted by molar-refractivity contribution is -0.227. The number of aliphatic hydroxyl groups is 3. The SMILES string of the molecule is NCCOc1ccc(/C=C/C(=O)CO[C@@]2(C(=O)O)C[C@@H](O)[C@@H](O)[C@H](OC3(C(=O)/C=C/c4cc(O)c(O)cc4CO)CCCCC3)C2)cc1O. The lowest BCUT2D eigenvalue weighted by Gasteiger charge is -2.46. The van der Waals surface area contributed by atoms with Gasteiger partial charge >= 0.3 is 5.97 Å². The van der Waals surface area contributed by atoms with E-state index in [1.54, 1.807) is 6.07 Å². The van der Waals surface area contributed by atoms with E-state index in [1.165, 1.54) is 42.5 Å². The van der Waals surface area contributed by atoms with Crippen LogP contribution in [-0.2, 0) is 30.5 Å². The highest BCUT2D eigenvalue weighted by molar-refractivity contribution is 6.00. The topological polar surface area (TPSA) is 247 Å². The Morgan fingerprint density at radius 1 is 0.898 bits per heavy atom. The third kappa shape index (κ3) is 9.03. The molecule has 9 N–H and O–H groups in total. The number of benzene rings is 2. The Hall–Kier alpha value is -4.31. The van der Waals surface area contributed by atoms with Crippen molar-refractivity contribution in [1.82, 2.24) is 0 Å². The van der Waals surface area contributed by atoms with Gasteiger partial charge in [-0.25, -0.2) is 4.79 Å². The molecule has 0 unspecified atom stereocenters. The minimum atomic E-state index is -2.14. The van der Waals surface area contributed by atoms with Crippen LogP contribution < -0.4 is 10.5 Å². The van der Waals surface area contributed by atoms with Gasteiger partial charge in [0.15, 0.2) is 40.2 Å². The molecule has 4 atom stereocenters. The Morgan fingerprint density at radius 2 is 1.61 bits per heavy atom. The van der Waals surface area contributed by atoms with Crippen molar-refractivity contribution in [1.29, 1.82) is 0 Å². The fraction of sp³-hybridized carbons (Fsp3) is 0.457. The van der Waals surface area contributed by atoms with E-state index < -0.39 is 84.6 Å². The minimum absolute atomic E-state index is 0.163. The standard InChI is InChI=1S/C35H43NO13/c36-12-13-47-29-8-5-21(14-27(29)41)4-7-24(38)20-48-35(33(45)46)17-28(42)32(44)30(18-35)49-34(10-2-1-3-11-34)31(43)9-6-22-15-25(39)26(40)16-23(22)19-37/h4-9,14-16,28,30,32,37,39-42,44H,1-3,10-13,17-20,36H2,(H,45,46)/b7-4+,9-6+/t28-,30-,32-,35+/m1/s1. The first-order valence-corrected chi connectivity index (χ1v) is 16.0. The average Bonchev–Trinajstić information content (AvgIpc) is 3.08. The van der Waals surface area contributed by atoms with E-state index in [9.17, 15) is 50.1 Å². The van der Waals surface area contributed by atoms with Gasteiger partial charge in [0.2, 0.25) is 0 Å². The molecule has 0 spiro atoms. The van der Waals surface area contributed by atoms with Gasteiger partial charge in [-0.15, -0.1) is 0 Å². The number of carboxylic acid groups (broad SMARTS) is 1. The molecule has 2 saturated carbocycles. The number of hydrogen-bond donors (Lipinski definition) is 8. The minimum Gasteiger partial charge on any atom is -0.504 e. The van der Waals surface area contributed by atoms with Crippen LogP contribution in [0.15, 0.2) is 42.5 Å². The molecule has 2 aliphatic carbocycles. The number of aliphatic hydroxyl groups excluding tert-OH is 3.